The highest BCUT2D eigenvalue weighted by atomic mass is 19.1. The molecular weight excluding hydrogens is 750 g/mol. The summed E-state index contributed by atoms with van der Waals surface area (Å²) in [5, 5.41) is 12.7. The molecule has 4 aromatic rings. The van der Waals surface area contributed by atoms with Gasteiger partial charge in [-0.25, -0.2) is 4.39 Å². The summed E-state index contributed by atoms with van der Waals surface area (Å²) >= 11 is 0. The van der Waals surface area contributed by atoms with Gasteiger partial charge >= 0.3 is 0 Å². The number of rotatable bonds is 8. The summed E-state index contributed by atoms with van der Waals surface area (Å²) in [6, 6.07) is 24.3. The van der Waals surface area contributed by atoms with E-state index in [0.717, 1.165) is 92.3 Å². The van der Waals surface area contributed by atoms with Gasteiger partial charge in [-0.15, -0.1) is 0 Å². The molecule has 3 amide bonds. The minimum Gasteiger partial charge on any atom is -0.508 e. The summed E-state index contributed by atoms with van der Waals surface area (Å²) in [7, 11) is 1.65. The van der Waals surface area contributed by atoms with Gasteiger partial charge in [-0.05, 0) is 104 Å². The lowest BCUT2D eigenvalue weighted by Crippen LogP contribution is -2.52. The smallest absolute Gasteiger partial charge is 0.255 e. The van der Waals surface area contributed by atoms with Gasteiger partial charge in [0.1, 0.15) is 34.7 Å². The Bertz CT molecular complexity index is 2280. The third kappa shape index (κ3) is 7.47. The second kappa shape index (κ2) is 15.5. The van der Waals surface area contributed by atoms with E-state index in [1.54, 1.807) is 30.2 Å². The molecule has 308 valence electrons. The van der Waals surface area contributed by atoms with E-state index in [0.29, 0.717) is 35.9 Å². The SMILES string of the molecule is COc1cccc(C2C(c3ccc(N4CCC(CN5CCN(c6ccc7c(c6)CN(C6CCC(=O)NC6=O)C7=O)CC5)CC4)c(F)c3)c3ccc(O)cc3OC2(C)C)c1. The minimum atomic E-state index is -0.672. The Morgan fingerprint density at radius 2 is 1.66 bits per heavy atom. The van der Waals surface area contributed by atoms with E-state index in [4.69, 9.17) is 9.47 Å². The lowest BCUT2D eigenvalue weighted by molar-refractivity contribution is -0.136. The van der Waals surface area contributed by atoms with Gasteiger partial charge in [-0.3, -0.25) is 24.6 Å². The molecular formula is C47H52FN5O6. The number of phenols is 1. The van der Waals surface area contributed by atoms with E-state index in [1.807, 2.05) is 56.3 Å². The molecule has 12 heteroatoms. The molecule has 0 bridgehead atoms. The lowest BCUT2D eigenvalue weighted by atomic mass is 9.68. The number of nitrogens with zero attached hydrogens (tertiary/aromatic N) is 4. The monoisotopic (exact) mass is 801 g/mol. The topological polar surface area (TPSA) is 115 Å². The van der Waals surface area contributed by atoms with Crippen molar-refractivity contribution < 1.29 is 33.4 Å². The van der Waals surface area contributed by atoms with Crippen molar-refractivity contribution in [1.29, 1.82) is 0 Å². The van der Waals surface area contributed by atoms with Crippen molar-refractivity contribution in [2.75, 3.05) is 62.7 Å². The maximum absolute atomic E-state index is 16.4. The number of phenolic OH excluding ortho intramolecular Hbond substituents is 1. The van der Waals surface area contributed by atoms with Gasteiger partial charge in [0.05, 0.1) is 12.8 Å². The Labute approximate surface area is 344 Å². The number of nitrogens with one attached hydrogen (secondary N) is 1. The van der Waals surface area contributed by atoms with Crippen LogP contribution in [0.4, 0.5) is 15.8 Å². The number of benzene rings is 4. The minimum absolute atomic E-state index is 0.128. The number of piperidine rings is 2. The van der Waals surface area contributed by atoms with Crippen molar-refractivity contribution in [2.45, 2.75) is 69.6 Å². The normalized spacial score (nSPS) is 23.4. The molecule has 9 rings (SSSR count). The van der Waals surface area contributed by atoms with Crippen molar-refractivity contribution in [1.82, 2.24) is 15.1 Å². The number of hydrogen-bond acceptors (Lipinski definition) is 9. The molecule has 2 N–H and O–H groups in total. The Kier molecular flexibility index (Phi) is 10.2. The van der Waals surface area contributed by atoms with Gasteiger partial charge in [-0.1, -0.05) is 24.3 Å². The second-order valence-electron chi connectivity index (χ2n) is 17.3. The Morgan fingerprint density at radius 1 is 0.864 bits per heavy atom. The summed E-state index contributed by atoms with van der Waals surface area (Å²) in [5.41, 5.74) is 5.41. The third-order valence-corrected chi connectivity index (χ3v) is 13.3. The molecule has 5 aliphatic heterocycles. The van der Waals surface area contributed by atoms with Gasteiger partial charge in [0, 0.05) is 93.5 Å². The number of halogens is 1. The number of methoxy groups -OCH3 is 1. The van der Waals surface area contributed by atoms with Gasteiger partial charge in [-0.2, -0.15) is 0 Å². The first-order valence-electron chi connectivity index (χ1n) is 20.9. The van der Waals surface area contributed by atoms with Gasteiger partial charge in [0.15, 0.2) is 0 Å². The molecule has 0 aromatic heterocycles. The molecule has 0 saturated carbocycles. The number of aromatic hydroxyl groups is 1. The van der Waals surface area contributed by atoms with Crippen LogP contribution in [0.2, 0.25) is 0 Å². The first-order valence-corrected chi connectivity index (χ1v) is 20.9. The second-order valence-corrected chi connectivity index (χ2v) is 17.3. The summed E-state index contributed by atoms with van der Waals surface area (Å²) < 4.78 is 28.5. The van der Waals surface area contributed by atoms with Crippen LogP contribution in [0.15, 0.2) is 78.9 Å². The summed E-state index contributed by atoms with van der Waals surface area (Å²) in [5.74, 6) is 0.572. The highest BCUT2D eigenvalue weighted by Crippen LogP contribution is 2.54. The molecule has 4 aromatic carbocycles. The maximum Gasteiger partial charge on any atom is 0.255 e. The molecule has 3 unspecified atom stereocenters. The average molecular weight is 802 g/mol. The lowest BCUT2D eigenvalue weighted by Gasteiger charge is -2.46. The van der Waals surface area contributed by atoms with E-state index < -0.39 is 17.6 Å². The molecule has 5 aliphatic rings. The molecule has 59 heavy (non-hydrogen) atoms. The van der Waals surface area contributed by atoms with Gasteiger partial charge in [0.2, 0.25) is 11.8 Å². The number of piperazine rings is 1. The number of fused-ring (bicyclic) bond motifs is 2. The number of ether oxygens (including phenoxy) is 2. The average Bonchev–Trinajstić information content (AvgIpc) is 3.55. The van der Waals surface area contributed by atoms with Crippen LogP contribution in [0.25, 0.3) is 0 Å². The highest BCUT2D eigenvalue weighted by molar-refractivity contribution is 6.05. The standard InChI is InChI=1S/C47H52FN5O6/c1-47(2)44(31-5-4-6-35(24-31)58-3)43(37-11-9-34(54)26-41(37)59-47)30-7-12-39(38(48)25-30)52-17-15-29(16-18-52)27-50-19-21-51(22-20-50)33-8-10-36-32(23-33)28-53(46(36)57)40-13-14-42(55)49-45(40)56/h4-12,23-26,29,40,43-44,54H,13-22,27-28H2,1-3H3,(H,49,55,56). The van der Waals surface area contributed by atoms with Crippen molar-refractivity contribution in [3.63, 3.8) is 0 Å². The number of carbonyl (C=O) groups excluding carboxylic acids is 3. The molecule has 0 aliphatic carbocycles. The first kappa shape index (κ1) is 38.9. The zero-order valence-electron chi connectivity index (χ0n) is 34.0. The maximum atomic E-state index is 16.4. The van der Waals surface area contributed by atoms with E-state index in [1.165, 1.54) is 0 Å². The highest BCUT2D eigenvalue weighted by Gasteiger charge is 2.46. The van der Waals surface area contributed by atoms with Crippen molar-refractivity contribution >= 4 is 29.1 Å². The molecule has 11 nitrogen and oxygen atoms in total. The largest absolute Gasteiger partial charge is 0.508 e. The molecule has 3 saturated heterocycles. The molecule has 0 radical (unpaired) electrons. The Morgan fingerprint density at radius 3 is 2.41 bits per heavy atom. The van der Waals surface area contributed by atoms with Gasteiger partial charge < -0.3 is 29.3 Å². The molecule has 3 fully saturated rings. The van der Waals surface area contributed by atoms with E-state index in [9.17, 15) is 19.5 Å². The summed E-state index contributed by atoms with van der Waals surface area (Å²) in [4.78, 5) is 46.0. The van der Waals surface area contributed by atoms with Crippen LogP contribution in [0, 0.1) is 11.7 Å². The summed E-state index contributed by atoms with van der Waals surface area (Å²) in [6.45, 7) is 10.7. The van der Waals surface area contributed by atoms with Crippen LogP contribution >= 0.6 is 0 Å². The zero-order valence-corrected chi connectivity index (χ0v) is 34.0. The Balaban J connectivity index is 0.821. The fourth-order valence-corrected chi connectivity index (χ4v) is 10.2. The van der Waals surface area contributed by atoms with Crippen molar-refractivity contribution in [3.05, 3.63) is 112 Å². The predicted molar refractivity (Wildman–Crippen MR) is 223 cm³/mol. The molecule has 5 heterocycles. The van der Waals surface area contributed by atoms with Crippen molar-refractivity contribution in [2.24, 2.45) is 5.92 Å². The van der Waals surface area contributed by atoms with E-state index in [-0.39, 0.29) is 41.6 Å². The van der Waals surface area contributed by atoms with E-state index >= 15 is 4.39 Å². The zero-order chi connectivity index (χ0) is 41.0. The molecule has 3 atom stereocenters. The van der Waals surface area contributed by atoms with Crippen LogP contribution in [0.3, 0.4) is 0 Å². The number of anilines is 2. The van der Waals surface area contributed by atoms with Gasteiger partial charge in [0.25, 0.3) is 5.91 Å². The predicted octanol–water partition coefficient (Wildman–Crippen LogP) is 6.43. The van der Waals surface area contributed by atoms with Crippen LogP contribution in [-0.4, -0.2) is 97.2 Å². The number of hydrogen-bond donors (Lipinski definition) is 2. The quantitative estimate of drug-likeness (QED) is 0.195. The summed E-state index contributed by atoms with van der Waals surface area (Å²) in [6.07, 6.45) is 2.58. The number of imide groups is 1. The third-order valence-electron chi connectivity index (χ3n) is 13.3. The fourth-order valence-electron chi connectivity index (χ4n) is 10.2. The van der Waals surface area contributed by atoms with Crippen LogP contribution in [0.5, 0.6) is 17.2 Å². The van der Waals surface area contributed by atoms with Crippen LogP contribution in [0.1, 0.15) is 84.0 Å². The fraction of sp³-hybridized carbons (Fsp3) is 0.426. The number of amides is 3. The molecule has 0 spiro atoms. The van der Waals surface area contributed by atoms with E-state index in [2.05, 4.69) is 38.2 Å². The van der Waals surface area contributed by atoms with Crippen molar-refractivity contribution in [3.8, 4) is 17.2 Å². The number of carbonyl (C=O) groups is 3. The van der Waals surface area contributed by atoms with Crippen LogP contribution < -0.4 is 24.6 Å². The Hall–Kier alpha value is -5.62. The first-order chi connectivity index (χ1) is 28.4. The van der Waals surface area contributed by atoms with Crippen LogP contribution in [-0.2, 0) is 16.1 Å².